The average molecular weight is 208 g/mol. The summed E-state index contributed by atoms with van der Waals surface area (Å²) in [4.78, 5) is 5.25. The molecule has 0 aliphatic rings. The molecule has 1 aromatic rings. The molecule has 0 saturated carbocycles. The summed E-state index contributed by atoms with van der Waals surface area (Å²) in [6.45, 7) is 8.06. The SMILES string of the molecule is CCNc1ccc(N(CC)OC)cc1C. The van der Waals surface area contributed by atoms with E-state index in [4.69, 9.17) is 4.84 Å². The number of aryl methyl sites for hydroxylation is 1. The van der Waals surface area contributed by atoms with Crippen molar-refractivity contribution in [2.24, 2.45) is 0 Å². The van der Waals surface area contributed by atoms with E-state index in [1.807, 2.05) is 5.06 Å². The zero-order valence-corrected chi connectivity index (χ0v) is 10.0. The molecule has 0 fully saturated rings. The van der Waals surface area contributed by atoms with E-state index in [0.29, 0.717) is 0 Å². The van der Waals surface area contributed by atoms with Gasteiger partial charge in [-0.05, 0) is 44.5 Å². The first-order valence-corrected chi connectivity index (χ1v) is 5.39. The Morgan fingerprint density at radius 1 is 1.33 bits per heavy atom. The molecule has 84 valence electrons. The van der Waals surface area contributed by atoms with Gasteiger partial charge in [0.1, 0.15) is 0 Å². The zero-order valence-electron chi connectivity index (χ0n) is 10.0. The molecule has 0 amide bonds. The van der Waals surface area contributed by atoms with Crippen LogP contribution in [0.5, 0.6) is 0 Å². The second-order valence-electron chi connectivity index (χ2n) is 3.41. The molecule has 1 aromatic carbocycles. The van der Waals surface area contributed by atoms with Gasteiger partial charge in [0.2, 0.25) is 0 Å². The molecule has 0 heterocycles. The van der Waals surface area contributed by atoms with E-state index in [2.05, 4.69) is 44.3 Å². The fourth-order valence-corrected chi connectivity index (χ4v) is 1.61. The Kier molecular flexibility index (Phi) is 4.43. The van der Waals surface area contributed by atoms with Crippen LogP contribution in [0.3, 0.4) is 0 Å². The molecule has 0 radical (unpaired) electrons. The lowest BCUT2D eigenvalue weighted by atomic mass is 10.1. The number of benzene rings is 1. The highest BCUT2D eigenvalue weighted by atomic mass is 16.7. The smallest absolute Gasteiger partial charge is 0.0640 e. The van der Waals surface area contributed by atoms with Gasteiger partial charge in [-0.3, -0.25) is 9.90 Å². The third-order valence-electron chi connectivity index (χ3n) is 2.37. The van der Waals surface area contributed by atoms with Crippen LogP contribution in [0.4, 0.5) is 11.4 Å². The van der Waals surface area contributed by atoms with Crippen molar-refractivity contribution in [1.29, 1.82) is 0 Å². The summed E-state index contributed by atoms with van der Waals surface area (Å²) < 4.78 is 0. The number of rotatable bonds is 5. The van der Waals surface area contributed by atoms with Gasteiger partial charge >= 0.3 is 0 Å². The molecule has 0 bridgehead atoms. The Bertz CT molecular complexity index is 308. The summed E-state index contributed by atoms with van der Waals surface area (Å²) in [5.74, 6) is 0. The van der Waals surface area contributed by atoms with Gasteiger partial charge in [0, 0.05) is 18.8 Å². The molecule has 1 N–H and O–H groups in total. The van der Waals surface area contributed by atoms with Crippen LogP contribution in [-0.4, -0.2) is 20.2 Å². The molecule has 0 unspecified atom stereocenters. The molecular formula is C12H20N2O. The van der Waals surface area contributed by atoms with Crippen LogP contribution >= 0.6 is 0 Å². The van der Waals surface area contributed by atoms with E-state index < -0.39 is 0 Å². The minimum absolute atomic E-state index is 0.844. The normalized spacial score (nSPS) is 10.1. The van der Waals surface area contributed by atoms with Gasteiger partial charge in [-0.15, -0.1) is 0 Å². The van der Waals surface area contributed by atoms with Gasteiger partial charge in [-0.2, -0.15) is 0 Å². The minimum Gasteiger partial charge on any atom is -0.385 e. The third kappa shape index (κ3) is 2.86. The van der Waals surface area contributed by atoms with Crippen molar-refractivity contribution in [1.82, 2.24) is 0 Å². The first-order valence-electron chi connectivity index (χ1n) is 5.39. The fourth-order valence-electron chi connectivity index (χ4n) is 1.61. The Balaban J connectivity index is 2.89. The lowest BCUT2D eigenvalue weighted by Gasteiger charge is -2.21. The molecule has 15 heavy (non-hydrogen) atoms. The van der Waals surface area contributed by atoms with E-state index in [9.17, 15) is 0 Å². The van der Waals surface area contributed by atoms with E-state index in [0.717, 1.165) is 18.8 Å². The number of hydrogen-bond donors (Lipinski definition) is 1. The molecule has 0 aromatic heterocycles. The Morgan fingerprint density at radius 3 is 2.53 bits per heavy atom. The van der Waals surface area contributed by atoms with E-state index in [-0.39, 0.29) is 0 Å². The van der Waals surface area contributed by atoms with Gasteiger partial charge in [0.05, 0.1) is 12.8 Å². The van der Waals surface area contributed by atoms with Gasteiger partial charge in [0.25, 0.3) is 0 Å². The maximum atomic E-state index is 5.25. The fraction of sp³-hybridized carbons (Fsp3) is 0.500. The number of nitrogens with zero attached hydrogens (tertiary/aromatic N) is 1. The van der Waals surface area contributed by atoms with Crippen LogP contribution in [0.15, 0.2) is 18.2 Å². The molecule has 0 spiro atoms. The number of anilines is 2. The number of hydrogen-bond acceptors (Lipinski definition) is 3. The van der Waals surface area contributed by atoms with Crippen LogP contribution < -0.4 is 10.4 Å². The zero-order chi connectivity index (χ0) is 11.3. The highest BCUT2D eigenvalue weighted by Gasteiger charge is 2.04. The molecular weight excluding hydrogens is 188 g/mol. The molecule has 0 saturated heterocycles. The second-order valence-corrected chi connectivity index (χ2v) is 3.41. The predicted molar refractivity (Wildman–Crippen MR) is 65.4 cm³/mol. The van der Waals surface area contributed by atoms with Crippen molar-refractivity contribution in [2.45, 2.75) is 20.8 Å². The van der Waals surface area contributed by atoms with E-state index in [1.54, 1.807) is 7.11 Å². The maximum Gasteiger partial charge on any atom is 0.0640 e. The third-order valence-corrected chi connectivity index (χ3v) is 2.37. The summed E-state index contributed by atoms with van der Waals surface area (Å²) >= 11 is 0. The quantitative estimate of drug-likeness (QED) is 0.753. The topological polar surface area (TPSA) is 24.5 Å². The summed E-state index contributed by atoms with van der Waals surface area (Å²) in [6.07, 6.45) is 0. The molecule has 0 aliphatic heterocycles. The standard InChI is InChI=1S/C12H20N2O/c1-5-13-12-8-7-11(9-10(12)3)14(6-2)15-4/h7-9,13H,5-6H2,1-4H3. The van der Waals surface area contributed by atoms with Crippen molar-refractivity contribution < 1.29 is 4.84 Å². The van der Waals surface area contributed by atoms with E-state index >= 15 is 0 Å². The van der Waals surface area contributed by atoms with Crippen LogP contribution in [0.1, 0.15) is 19.4 Å². The first-order chi connectivity index (χ1) is 7.22. The van der Waals surface area contributed by atoms with Crippen molar-refractivity contribution in [2.75, 3.05) is 30.6 Å². The minimum atomic E-state index is 0.844. The summed E-state index contributed by atoms with van der Waals surface area (Å²) in [5.41, 5.74) is 3.53. The van der Waals surface area contributed by atoms with Gasteiger partial charge < -0.3 is 5.32 Å². The molecule has 0 aliphatic carbocycles. The van der Waals surface area contributed by atoms with Crippen LogP contribution in [0, 0.1) is 6.92 Å². The predicted octanol–water partition coefficient (Wildman–Crippen LogP) is 2.81. The van der Waals surface area contributed by atoms with E-state index in [1.165, 1.54) is 11.3 Å². The van der Waals surface area contributed by atoms with Gasteiger partial charge in [-0.1, -0.05) is 0 Å². The lowest BCUT2D eigenvalue weighted by molar-refractivity contribution is 0.171. The molecule has 3 heteroatoms. The largest absolute Gasteiger partial charge is 0.385 e. The Hall–Kier alpha value is -1.22. The summed E-state index contributed by atoms with van der Waals surface area (Å²) in [6, 6.07) is 6.29. The lowest BCUT2D eigenvalue weighted by Crippen LogP contribution is -2.20. The van der Waals surface area contributed by atoms with Crippen LogP contribution in [0.2, 0.25) is 0 Å². The first kappa shape index (κ1) is 11.9. The molecule has 3 nitrogen and oxygen atoms in total. The van der Waals surface area contributed by atoms with Crippen molar-refractivity contribution in [3.63, 3.8) is 0 Å². The monoisotopic (exact) mass is 208 g/mol. The summed E-state index contributed by atoms with van der Waals surface area (Å²) in [7, 11) is 1.69. The Morgan fingerprint density at radius 2 is 2.07 bits per heavy atom. The number of nitrogens with one attached hydrogen (secondary N) is 1. The molecule has 0 atom stereocenters. The summed E-state index contributed by atoms with van der Waals surface area (Å²) in [5, 5.41) is 5.18. The average Bonchev–Trinajstić information content (AvgIpc) is 2.24. The van der Waals surface area contributed by atoms with Crippen molar-refractivity contribution in [3.05, 3.63) is 23.8 Å². The second kappa shape index (κ2) is 5.61. The van der Waals surface area contributed by atoms with Gasteiger partial charge in [0.15, 0.2) is 0 Å². The highest BCUT2D eigenvalue weighted by molar-refractivity contribution is 5.59. The number of hydroxylamine groups is 1. The Labute approximate surface area is 92.0 Å². The van der Waals surface area contributed by atoms with Crippen LogP contribution in [-0.2, 0) is 4.84 Å². The highest BCUT2D eigenvalue weighted by Crippen LogP contribution is 2.22. The molecule has 1 rings (SSSR count). The van der Waals surface area contributed by atoms with Crippen LogP contribution in [0.25, 0.3) is 0 Å². The van der Waals surface area contributed by atoms with Crippen molar-refractivity contribution >= 4 is 11.4 Å². The van der Waals surface area contributed by atoms with Crippen molar-refractivity contribution in [3.8, 4) is 0 Å². The van der Waals surface area contributed by atoms with Gasteiger partial charge in [-0.25, -0.2) is 0 Å². The maximum absolute atomic E-state index is 5.25.